The highest BCUT2D eigenvalue weighted by Gasteiger charge is 2.32. The first kappa shape index (κ1) is 25.1. The van der Waals surface area contributed by atoms with Crippen molar-refractivity contribution in [3.8, 4) is 22.9 Å². The summed E-state index contributed by atoms with van der Waals surface area (Å²) in [7, 11) is 3.08. The Labute approximate surface area is 198 Å². The molecule has 1 amide bonds. The average molecular weight is 494 g/mol. The van der Waals surface area contributed by atoms with Crippen LogP contribution < -0.4 is 14.9 Å². The molecular weight excluding hydrogens is 471 g/mol. The molecule has 180 valence electrons. The van der Waals surface area contributed by atoms with E-state index in [1.54, 1.807) is 19.2 Å². The molecule has 0 aliphatic carbocycles. The van der Waals surface area contributed by atoms with E-state index in [1.807, 2.05) is 17.6 Å². The minimum absolute atomic E-state index is 0.0532. The number of carbonyl (C=O) groups excluding carboxylic acids is 1. The van der Waals surface area contributed by atoms with E-state index < -0.39 is 17.6 Å². The number of aromatic nitrogens is 3. The standard InChI is InChI=1S/C22H22F3N5O3S/c1-4-30-20(14-9-10-17(32-2)18(11-14)33-3)28-29-21(30)34-13-19(31)27-26-12-15-7-5-6-8-16(15)22(23,24)25/h5-12H,4,13H2,1-3H3,(H,27,31)/b26-12+. The molecule has 0 fully saturated rings. The Morgan fingerprint density at radius 1 is 1.15 bits per heavy atom. The average Bonchev–Trinajstić information content (AvgIpc) is 3.24. The van der Waals surface area contributed by atoms with Crippen LogP contribution in [-0.2, 0) is 17.5 Å². The molecule has 12 heteroatoms. The molecule has 0 radical (unpaired) electrons. The quantitative estimate of drug-likeness (QED) is 0.272. The van der Waals surface area contributed by atoms with Gasteiger partial charge >= 0.3 is 6.18 Å². The minimum Gasteiger partial charge on any atom is -0.493 e. The SMILES string of the molecule is CCn1c(SCC(=O)N/N=C/c2ccccc2C(F)(F)F)nnc1-c1ccc(OC)c(OC)c1. The van der Waals surface area contributed by atoms with Gasteiger partial charge in [0.25, 0.3) is 5.91 Å². The summed E-state index contributed by atoms with van der Waals surface area (Å²) in [6, 6.07) is 10.3. The first-order valence-electron chi connectivity index (χ1n) is 10.0. The van der Waals surface area contributed by atoms with Crippen molar-refractivity contribution < 1.29 is 27.4 Å². The molecule has 3 aromatic rings. The van der Waals surface area contributed by atoms with Crippen LogP contribution in [0.5, 0.6) is 11.5 Å². The van der Waals surface area contributed by atoms with Crippen molar-refractivity contribution in [1.29, 1.82) is 0 Å². The number of nitrogens with zero attached hydrogens (tertiary/aromatic N) is 4. The van der Waals surface area contributed by atoms with Gasteiger partial charge in [0.2, 0.25) is 0 Å². The number of methoxy groups -OCH3 is 2. The van der Waals surface area contributed by atoms with E-state index in [0.29, 0.717) is 29.0 Å². The van der Waals surface area contributed by atoms with Crippen LogP contribution in [0.3, 0.4) is 0 Å². The third-order valence-corrected chi connectivity index (χ3v) is 5.63. The Hall–Kier alpha value is -3.54. The van der Waals surface area contributed by atoms with Gasteiger partial charge in [0.1, 0.15) is 0 Å². The van der Waals surface area contributed by atoms with E-state index in [-0.39, 0.29) is 11.3 Å². The van der Waals surface area contributed by atoms with E-state index >= 15 is 0 Å². The number of ether oxygens (including phenoxy) is 2. The smallest absolute Gasteiger partial charge is 0.417 e. The maximum absolute atomic E-state index is 13.0. The summed E-state index contributed by atoms with van der Waals surface area (Å²) in [5.41, 5.74) is 2.02. The second-order valence-electron chi connectivity index (χ2n) is 6.79. The Kier molecular flexibility index (Phi) is 8.16. The van der Waals surface area contributed by atoms with Crippen molar-refractivity contribution in [2.24, 2.45) is 5.10 Å². The molecule has 0 spiro atoms. The van der Waals surface area contributed by atoms with Crippen molar-refractivity contribution in [3.05, 3.63) is 53.6 Å². The molecule has 0 atom stereocenters. The summed E-state index contributed by atoms with van der Waals surface area (Å²) < 4.78 is 51.5. The monoisotopic (exact) mass is 493 g/mol. The van der Waals surface area contributed by atoms with Crippen molar-refractivity contribution >= 4 is 23.9 Å². The number of halogens is 3. The zero-order valence-electron chi connectivity index (χ0n) is 18.6. The summed E-state index contributed by atoms with van der Waals surface area (Å²) in [6.07, 6.45) is -3.55. The van der Waals surface area contributed by atoms with Gasteiger partial charge in [-0.2, -0.15) is 18.3 Å². The van der Waals surface area contributed by atoms with Crippen LogP contribution in [0.4, 0.5) is 13.2 Å². The van der Waals surface area contributed by atoms with Crippen LogP contribution in [0, 0.1) is 0 Å². The molecule has 3 rings (SSSR count). The number of hydrogen-bond acceptors (Lipinski definition) is 7. The summed E-state index contributed by atoms with van der Waals surface area (Å²) in [5.74, 6) is 1.17. The first-order chi connectivity index (χ1) is 16.3. The fourth-order valence-corrected chi connectivity index (χ4v) is 3.87. The Balaban J connectivity index is 1.66. The van der Waals surface area contributed by atoms with Gasteiger partial charge in [-0.1, -0.05) is 30.0 Å². The van der Waals surface area contributed by atoms with Crippen LogP contribution >= 0.6 is 11.8 Å². The summed E-state index contributed by atoms with van der Waals surface area (Å²) in [5, 5.41) is 12.5. The fourth-order valence-electron chi connectivity index (χ4n) is 3.07. The first-order valence-corrected chi connectivity index (χ1v) is 11.0. The van der Waals surface area contributed by atoms with Crippen LogP contribution in [-0.4, -0.2) is 46.9 Å². The van der Waals surface area contributed by atoms with Crippen molar-refractivity contribution in [2.75, 3.05) is 20.0 Å². The number of hydrazone groups is 1. The molecular formula is C22H22F3N5O3S. The Bertz CT molecular complexity index is 1180. The Morgan fingerprint density at radius 3 is 2.56 bits per heavy atom. The number of thioether (sulfide) groups is 1. The molecule has 0 saturated heterocycles. The number of amides is 1. The van der Waals surface area contributed by atoms with Crippen molar-refractivity contribution in [3.63, 3.8) is 0 Å². The predicted molar refractivity (Wildman–Crippen MR) is 122 cm³/mol. The van der Waals surface area contributed by atoms with Crippen LogP contribution in [0.2, 0.25) is 0 Å². The molecule has 0 bridgehead atoms. The third kappa shape index (κ3) is 5.87. The number of benzene rings is 2. The maximum Gasteiger partial charge on any atom is 0.417 e. The van der Waals surface area contributed by atoms with Gasteiger partial charge in [0.05, 0.1) is 31.8 Å². The number of carbonyl (C=O) groups is 1. The Morgan fingerprint density at radius 2 is 1.88 bits per heavy atom. The molecule has 1 N–H and O–H groups in total. The lowest BCUT2D eigenvalue weighted by Crippen LogP contribution is -2.20. The van der Waals surface area contributed by atoms with Gasteiger partial charge in [-0.05, 0) is 31.2 Å². The molecule has 1 aromatic heterocycles. The lowest BCUT2D eigenvalue weighted by atomic mass is 10.1. The van der Waals surface area contributed by atoms with Crippen LogP contribution in [0.15, 0.2) is 52.7 Å². The van der Waals surface area contributed by atoms with Crippen molar-refractivity contribution in [1.82, 2.24) is 20.2 Å². The second-order valence-corrected chi connectivity index (χ2v) is 7.73. The fraction of sp³-hybridized carbons (Fsp3) is 0.273. The molecule has 34 heavy (non-hydrogen) atoms. The van der Waals surface area contributed by atoms with Gasteiger partial charge in [-0.3, -0.25) is 4.79 Å². The van der Waals surface area contributed by atoms with Gasteiger partial charge in [0.15, 0.2) is 22.5 Å². The highest BCUT2D eigenvalue weighted by atomic mass is 32.2. The van der Waals surface area contributed by atoms with Crippen LogP contribution in [0.25, 0.3) is 11.4 Å². The molecule has 0 saturated carbocycles. The van der Waals surface area contributed by atoms with Gasteiger partial charge < -0.3 is 14.0 Å². The predicted octanol–water partition coefficient (Wildman–Crippen LogP) is 4.24. The summed E-state index contributed by atoms with van der Waals surface area (Å²) in [6.45, 7) is 2.47. The lowest BCUT2D eigenvalue weighted by Gasteiger charge is -2.11. The highest BCUT2D eigenvalue weighted by Crippen LogP contribution is 2.33. The molecule has 0 unspecified atom stereocenters. The number of nitrogens with one attached hydrogen (secondary N) is 1. The van der Waals surface area contributed by atoms with E-state index in [0.717, 1.165) is 29.6 Å². The molecule has 0 aliphatic rings. The van der Waals surface area contributed by atoms with Gasteiger partial charge in [-0.25, -0.2) is 5.43 Å². The summed E-state index contributed by atoms with van der Waals surface area (Å²) >= 11 is 1.13. The topological polar surface area (TPSA) is 90.6 Å². The molecule has 0 aliphatic heterocycles. The second kappa shape index (κ2) is 11.1. The van der Waals surface area contributed by atoms with Crippen LogP contribution in [0.1, 0.15) is 18.1 Å². The van der Waals surface area contributed by atoms with Gasteiger partial charge in [0, 0.05) is 17.7 Å². The number of alkyl halides is 3. The normalized spacial score (nSPS) is 11.6. The third-order valence-electron chi connectivity index (χ3n) is 4.67. The van der Waals surface area contributed by atoms with E-state index in [1.165, 1.54) is 25.3 Å². The lowest BCUT2D eigenvalue weighted by molar-refractivity contribution is -0.137. The van der Waals surface area contributed by atoms with Crippen molar-refractivity contribution in [2.45, 2.75) is 24.8 Å². The number of hydrogen-bond donors (Lipinski definition) is 1. The molecule has 2 aromatic carbocycles. The largest absolute Gasteiger partial charge is 0.493 e. The zero-order valence-corrected chi connectivity index (χ0v) is 19.4. The van der Waals surface area contributed by atoms with E-state index in [9.17, 15) is 18.0 Å². The molecule has 1 heterocycles. The summed E-state index contributed by atoms with van der Waals surface area (Å²) in [4.78, 5) is 12.2. The van der Waals surface area contributed by atoms with E-state index in [4.69, 9.17) is 9.47 Å². The number of rotatable bonds is 9. The molecule has 8 nitrogen and oxygen atoms in total. The highest BCUT2D eigenvalue weighted by molar-refractivity contribution is 7.99. The minimum atomic E-state index is -4.52. The maximum atomic E-state index is 13.0. The zero-order chi connectivity index (χ0) is 24.7. The van der Waals surface area contributed by atoms with E-state index in [2.05, 4.69) is 20.7 Å². The van der Waals surface area contributed by atoms with Gasteiger partial charge in [-0.15, -0.1) is 10.2 Å².